The van der Waals surface area contributed by atoms with Crippen LogP contribution in [0.3, 0.4) is 0 Å². The minimum absolute atomic E-state index is 0.0458. The number of benzene rings is 2. The van der Waals surface area contributed by atoms with Crippen molar-refractivity contribution in [3.05, 3.63) is 54.1 Å². The molecular formula is C28H31NO12S. The number of ether oxygens (including phenoxy) is 7. The van der Waals surface area contributed by atoms with E-state index in [0.717, 1.165) is 25.7 Å². The predicted octanol–water partition coefficient (Wildman–Crippen LogP) is 3.19. The van der Waals surface area contributed by atoms with Crippen LogP contribution < -0.4 is 10.1 Å². The van der Waals surface area contributed by atoms with Crippen molar-refractivity contribution >= 4 is 48.3 Å². The van der Waals surface area contributed by atoms with Crippen LogP contribution in [0.4, 0.5) is 10.5 Å². The monoisotopic (exact) mass is 605 g/mol. The summed E-state index contributed by atoms with van der Waals surface area (Å²) in [5.74, 6) is -2.63. The van der Waals surface area contributed by atoms with Gasteiger partial charge in [0.2, 0.25) is 12.4 Å². The lowest BCUT2D eigenvalue weighted by atomic mass is 9.98. The number of nitrogens with one attached hydrogen (secondary N) is 1. The number of amides is 1. The fourth-order valence-corrected chi connectivity index (χ4v) is 4.08. The summed E-state index contributed by atoms with van der Waals surface area (Å²) in [6.45, 7) is 4.14. The molecule has 2 aromatic rings. The van der Waals surface area contributed by atoms with Crippen LogP contribution in [0, 0.1) is 0 Å². The van der Waals surface area contributed by atoms with Crippen molar-refractivity contribution in [2.24, 2.45) is 0 Å². The molecule has 3 rings (SSSR count). The molecule has 1 fully saturated rings. The number of carbonyl (C=O) groups is 5. The fourth-order valence-electron chi connectivity index (χ4n) is 3.93. The smallest absolute Gasteiger partial charge is 0.411 e. The first kappa shape index (κ1) is 32.2. The maximum atomic E-state index is 12.1. The summed E-state index contributed by atoms with van der Waals surface area (Å²) >= 11 is 4.20. The second-order valence-corrected chi connectivity index (χ2v) is 9.59. The normalized spacial score (nSPS) is 21.3. The van der Waals surface area contributed by atoms with Crippen molar-refractivity contribution in [2.75, 3.05) is 11.9 Å². The fraction of sp³-hybridized carbons (Fsp3) is 0.393. The van der Waals surface area contributed by atoms with Gasteiger partial charge < -0.3 is 33.2 Å². The van der Waals surface area contributed by atoms with Crippen molar-refractivity contribution in [2.45, 2.75) is 69.9 Å². The average molecular weight is 606 g/mol. The van der Waals surface area contributed by atoms with E-state index in [1.54, 1.807) is 48.5 Å². The molecule has 0 bridgehead atoms. The SMILES string of the molecule is CC(=O)OCC1O[C@@H](Oc2ccc(COC(=O)Nc3ccc(S)cc3)cc2)[C@@H](OC(C)=O)C(OC(C)=O)[C@@H]1OC(C)=O. The summed E-state index contributed by atoms with van der Waals surface area (Å²) < 4.78 is 38.3. The first-order valence-corrected chi connectivity index (χ1v) is 13.1. The number of anilines is 1. The van der Waals surface area contributed by atoms with Gasteiger partial charge in [0.15, 0.2) is 12.2 Å². The van der Waals surface area contributed by atoms with Gasteiger partial charge in [-0.05, 0) is 42.0 Å². The molecule has 0 saturated carbocycles. The van der Waals surface area contributed by atoms with E-state index in [4.69, 9.17) is 33.2 Å². The Labute approximate surface area is 247 Å². The van der Waals surface area contributed by atoms with Crippen molar-refractivity contribution in [1.82, 2.24) is 0 Å². The largest absolute Gasteiger partial charge is 0.463 e. The number of esters is 4. The third kappa shape index (κ3) is 9.96. The molecule has 0 radical (unpaired) electrons. The maximum Gasteiger partial charge on any atom is 0.411 e. The van der Waals surface area contributed by atoms with Crippen LogP contribution in [0.25, 0.3) is 0 Å². The zero-order valence-electron chi connectivity index (χ0n) is 23.3. The predicted molar refractivity (Wildman–Crippen MR) is 147 cm³/mol. The van der Waals surface area contributed by atoms with Crippen LogP contribution in [0.1, 0.15) is 33.3 Å². The highest BCUT2D eigenvalue weighted by Crippen LogP contribution is 2.31. The summed E-state index contributed by atoms with van der Waals surface area (Å²) in [6, 6.07) is 13.2. The van der Waals surface area contributed by atoms with Crippen LogP contribution in [0.15, 0.2) is 53.4 Å². The minimum Gasteiger partial charge on any atom is -0.463 e. The molecule has 5 atom stereocenters. The number of hydrogen-bond acceptors (Lipinski definition) is 13. The van der Waals surface area contributed by atoms with Crippen molar-refractivity contribution in [1.29, 1.82) is 0 Å². The summed E-state index contributed by atoms with van der Waals surface area (Å²) in [5.41, 5.74) is 1.18. The van der Waals surface area contributed by atoms with Gasteiger partial charge in [-0.15, -0.1) is 12.6 Å². The Kier molecular flexibility index (Phi) is 11.6. The first-order chi connectivity index (χ1) is 19.9. The number of thiol groups is 1. The Balaban J connectivity index is 1.75. The van der Waals surface area contributed by atoms with Gasteiger partial charge in [-0.25, -0.2) is 4.79 Å². The number of hydrogen-bond donors (Lipinski definition) is 2. The van der Waals surface area contributed by atoms with Gasteiger partial charge in [0, 0.05) is 38.3 Å². The lowest BCUT2D eigenvalue weighted by Gasteiger charge is -2.43. The first-order valence-electron chi connectivity index (χ1n) is 12.7. The van der Waals surface area contributed by atoms with Gasteiger partial charge in [0.05, 0.1) is 0 Å². The zero-order chi connectivity index (χ0) is 30.8. The Hall–Kier alpha value is -4.30. The molecule has 1 heterocycles. The second-order valence-electron chi connectivity index (χ2n) is 9.08. The van der Waals surface area contributed by atoms with E-state index in [-0.39, 0.29) is 19.0 Å². The van der Waals surface area contributed by atoms with Crippen LogP contribution >= 0.6 is 12.6 Å². The molecule has 1 N–H and O–H groups in total. The Bertz CT molecular complexity index is 1270. The van der Waals surface area contributed by atoms with Crippen LogP contribution in [-0.4, -0.2) is 67.3 Å². The van der Waals surface area contributed by atoms with Gasteiger partial charge in [-0.1, -0.05) is 12.1 Å². The highest BCUT2D eigenvalue weighted by molar-refractivity contribution is 7.80. The van der Waals surface area contributed by atoms with Crippen molar-refractivity contribution in [3.8, 4) is 5.75 Å². The average Bonchev–Trinajstić information content (AvgIpc) is 2.91. The standard InChI is InChI=1S/C28H31NO12S/c1-15(30)35-14-23-24(37-16(2)31)25(38-17(3)32)26(39-18(4)33)27(41-23)40-21-9-5-19(6-10-21)13-36-28(34)29-20-7-11-22(42)12-8-20/h5-12,23-27,42H,13-14H2,1-4H3,(H,29,34)/t23?,24-,25?,26+,27-/m1/s1. The lowest BCUT2D eigenvalue weighted by molar-refractivity contribution is -0.288. The molecule has 0 spiro atoms. The molecule has 2 aromatic carbocycles. The van der Waals surface area contributed by atoms with E-state index >= 15 is 0 Å². The highest BCUT2D eigenvalue weighted by Gasteiger charge is 2.53. The van der Waals surface area contributed by atoms with E-state index in [0.29, 0.717) is 11.3 Å². The Morgan fingerprint density at radius 1 is 0.738 bits per heavy atom. The molecule has 1 aliphatic rings. The van der Waals surface area contributed by atoms with E-state index in [9.17, 15) is 24.0 Å². The highest BCUT2D eigenvalue weighted by atomic mass is 32.1. The molecule has 1 amide bonds. The lowest BCUT2D eigenvalue weighted by Crippen LogP contribution is -2.63. The van der Waals surface area contributed by atoms with Gasteiger partial charge >= 0.3 is 30.0 Å². The molecular weight excluding hydrogens is 574 g/mol. The molecule has 1 aliphatic heterocycles. The second kappa shape index (κ2) is 15.1. The van der Waals surface area contributed by atoms with E-state index in [1.165, 1.54) is 6.92 Å². The number of carbonyl (C=O) groups excluding carboxylic acids is 5. The minimum atomic E-state index is -1.37. The number of rotatable bonds is 10. The molecule has 13 nitrogen and oxygen atoms in total. The molecule has 1 saturated heterocycles. The van der Waals surface area contributed by atoms with Crippen LogP contribution in [0.5, 0.6) is 5.75 Å². The van der Waals surface area contributed by atoms with Crippen LogP contribution in [0.2, 0.25) is 0 Å². The van der Waals surface area contributed by atoms with Gasteiger partial charge in [0.1, 0.15) is 25.1 Å². The third-order valence-corrected chi connectivity index (χ3v) is 5.91. The van der Waals surface area contributed by atoms with Gasteiger partial charge in [-0.3, -0.25) is 24.5 Å². The summed E-state index contributed by atoms with van der Waals surface area (Å²) in [5, 5.41) is 2.60. The van der Waals surface area contributed by atoms with E-state index in [1.807, 2.05) is 0 Å². The third-order valence-electron chi connectivity index (χ3n) is 5.61. The summed E-state index contributed by atoms with van der Waals surface area (Å²) in [6.07, 6.45) is -7.19. The topological polar surface area (TPSA) is 162 Å². The summed E-state index contributed by atoms with van der Waals surface area (Å²) in [4.78, 5) is 60.1. The molecule has 42 heavy (non-hydrogen) atoms. The Morgan fingerprint density at radius 2 is 1.31 bits per heavy atom. The van der Waals surface area contributed by atoms with Crippen molar-refractivity contribution in [3.63, 3.8) is 0 Å². The Morgan fingerprint density at radius 3 is 1.88 bits per heavy atom. The van der Waals surface area contributed by atoms with Crippen molar-refractivity contribution < 1.29 is 57.1 Å². The maximum absolute atomic E-state index is 12.1. The molecule has 14 heteroatoms. The zero-order valence-corrected chi connectivity index (χ0v) is 24.2. The molecule has 0 aliphatic carbocycles. The molecule has 2 unspecified atom stereocenters. The quantitative estimate of drug-likeness (QED) is 0.231. The van der Waals surface area contributed by atoms with Crippen LogP contribution in [-0.2, 0) is 54.2 Å². The van der Waals surface area contributed by atoms with Gasteiger partial charge in [-0.2, -0.15) is 0 Å². The van der Waals surface area contributed by atoms with E-state index < -0.39 is 60.7 Å². The van der Waals surface area contributed by atoms with Gasteiger partial charge in [0.25, 0.3) is 0 Å². The van der Waals surface area contributed by atoms with E-state index in [2.05, 4.69) is 17.9 Å². The molecule has 0 aromatic heterocycles. The molecule has 226 valence electrons. The summed E-state index contributed by atoms with van der Waals surface area (Å²) in [7, 11) is 0.